The molecule has 1 saturated heterocycles. The van der Waals surface area contributed by atoms with Crippen molar-refractivity contribution in [2.75, 3.05) is 19.7 Å². The highest BCUT2D eigenvalue weighted by Crippen LogP contribution is 2.30. The maximum absolute atomic E-state index is 12.7. The minimum absolute atomic E-state index is 0.0854. The Kier molecular flexibility index (Phi) is 4.52. The van der Waals surface area contributed by atoms with Crippen LogP contribution in [0.1, 0.15) is 32.5 Å². The van der Waals surface area contributed by atoms with Crippen LogP contribution in [0, 0.1) is 13.8 Å². The van der Waals surface area contributed by atoms with Gasteiger partial charge in [-0.3, -0.25) is 4.79 Å². The van der Waals surface area contributed by atoms with Gasteiger partial charge in [-0.15, -0.1) is 11.3 Å². The van der Waals surface area contributed by atoms with Gasteiger partial charge in [0.2, 0.25) is 0 Å². The van der Waals surface area contributed by atoms with E-state index in [0.29, 0.717) is 24.7 Å². The molecule has 0 spiro atoms. The predicted molar refractivity (Wildman–Crippen MR) is 89.8 cm³/mol. The molecule has 1 atom stereocenters. The summed E-state index contributed by atoms with van der Waals surface area (Å²) in [6, 6.07) is 7.65. The van der Waals surface area contributed by atoms with Crippen LogP contribution in [-0.2, 0) is 4.74 Å². The summed E-state index contributed by atoms with van der Waals surface area (Å²) in [7, 11) is 0. The first-order valence-electron chi connectivity index (χ1n) is 7.28. The van der Waals surface area contributed by atoms with Crippen molar-refractivity contribution in [3.05, 3.63) is 56.2 Å². The van der Waals surface area contributed by atoms with E-state index in [1.807, 2.05) is 48.4 Å². The second kappa shape index (κ2) is 6.41. The van der Waals surface area contributed by atoms with Crippen LogP contribution >= 0.6 is 22.9 Å². The van der Waals surface area contributed by atoms with E-state index >= 15 is 0 Å². The van der Waals surface area contributed by atoms with Crippen molar-refractivity contribution in [3.8, 4) is 0 Å². The van der Waals surface area contributed by atoms with Crippen LogP contribution in [0.3, 0.4) is 0 Å². The van der Waals surface area contributed by atoms with Crippen LogP contribution in [0.25, 0.3) is 0 Å². The number of carbonyl (C=O) groups is 1. The van der Waals surface area contributed by atoms with Crippen LogP contribution < -0.4 is 0 Å². The first-order chi connectivity index (χ1) is 10.6. The fourth-order valence-corrected chi connectivity index (χ4v) is 3.77. The quantitative estimate of drug-likeness (QED) is 0.821. The lowest BCUT2D eigenvalue weighted by molar-refractivity contribution is -0.0227. The van der Waals surface area contributed by atoms with Crippen molar-refractivity contribution in [2.24, 2.45) is 0 Å². The Balaban J connectivity index is 1.80. The number of hydrogen-bond acceptors (Lipinski definition) is 3. The second-order valence-corrected chi connectivity index (χ2v) is 6.95. The Morgan fingerprint density at radius 1 is 1.36 bits per heavy atom. The lowest BCUT2D eigenvalue weighted by Gasteiger charge is -2.33. The van der Waals surface area contributed by atoms with Gasteiger partial charge >= 0.3 is 0 Å². The van der Waals surface area contributed by atoms with Gasteiger partial charge in [-0.25, -0.2) is 0 Å². The smallest absolute Gasteiger partial charge is 0.255 e. The molecule has 0 saturated carbocycles. The lowest BCUT2D eigenvalue weighted by Crippen LogP contribution is -2.42. The monoisotopic (exact) mass is 335 g/mol. The number of thiophene rings is 1. The number of aryl methyl sites for hydroxylation is 1. The SMILES string of the molecule is Cc1scc(C(=O)N2CCOC(c3ccccc3Cl)C2)c1C. The third-order valence-corrected chi connectivity index (χ3v) is 5.48. The van der Waals surface area contributed by atoms with Gasteiger partial charge in [-0.05, 0) is 25.5 Å². The molecule has 3 nitrogen and oxygen atoms in total. The Hall–Kier alpha value is -1.36. The number of ether oxygens (including phenoxy) is 1. The Morgan fingerprint density at radius 3 is 2.82 bits per heavy atom. The van der Waals surface area contributed by atoms with Crippen LogP contribution in [0.4, 0.5) is 0 Å². The maximum atomic E-state index is 12.7. The van der Waals surface area contributed by atoms with Crippen molar-refractivity contribution in [2.45, 2.75) is 20.0 Å². The molecule has 1 aromatic heterocycles. The highest BCUT2D eigenvalue weighted by molar-refractivity contribution is 7.10. The molecule has 116 valence electrons. The predicted octanol–water partition coefficient (Wildman–Crippen LogP) is 4.23. The number of amides is 1. The van der Waals surface area contributed by atoms with Gasteiger partial charge in [0.1, 0.15) is 6.10 Å². The zero-order chi connectivity index (χ0) is 15.7. The number of carbonyl (C=O) groups excluding carboxylic acids is 1. The standard InChI is InChI=1S/C17H18ClNO2S/c1-11-12(2)22-10-14(11)17(20)19-7-8-21-16(9-19)13-5-3-4-6-15(13)18/h3-6,10,16H,7-9H2,1-2H3. The molecular weight excluding hydrogens is 318 g/mol. The summed E-state index contributed by atoms with van der Waals surface area (Å²) in [5.74, 6) is 0.0854. The average molecular weight is 336 g/mol. The molecule has 1 aliphatic heterocycles. The van der Waals surface area contributed by atoms with Gasteiger partial charge < -0.3 is 9.64 Å². The molecule has 0 N–H and O–H groups in total. The Bertz CT molecular complexity index is 698. The van der Waals surface area contributed by atoms with Gasteiger partial charge in [0.15, 0.2) is 0 Å². The molecule has 1 unspecified atom stereocenters. The molecule has 22 heavy (non-hydrogen) atoms. The van der Waals surface area contributed by atoms with E-state index in [0.717, 1.165) is 16.7 Å². The molecule has 1 amide bonds. The van der Waals surface area contributed by atoms with E-state index in [9.17, 15) is 4.79 Å². The van der Waals surface area contributed by atoms with E-state index in [2.05, 4.69) is 0 Å². The third kappa shape index (κ3) is 2.91. The molecule has 0 bridgehead atoms. The maximum Gasteiger partial charge on any atom is 0.255 e. The number of morpholine rings is 1. The van der Waals surface area contributed by atoms with Crippen LogP contribution in [-0.4, -0.2) is 30.5 Å². The fraction of sp³-hybridized carbons (Fsp3) is 0.353. The first-order valence-corrected chi connectivity index (χ1v) is 8.53. The summed E-state index contributed by atoms with van der Waals surface area (Å²) in [6.07, 6.45) is -0.161. The highest BCUT2D eigenvalue weighted by Gasteiger charge is 2.28. The van der Waals surface area contributed by atoms with Crippen molar-refractivity contribution < 1.29 is 9.53 Å². The van der Waals surface area contributed by atoms with Crippen molar-refractivity contribution in [1.82, 2.24) is 4.90 Å². The summed E-state index contributed by atoms with van der Waals surface area (Å²) >= 11 is 7.87. The van der Waals surface area contributed by atoms with E-state index in [4.69, 9.17) is 16.3 Å². The molecular formula is C17H18ClNO2S. The average Bonchev–Trinajstić information content (AvgIpc) is 2.87. The van der Waals surface area contributed by atoms with Crippen molar-refractivity contribution in [1.29, 1.82) is 0 Å². The van der Waals surface area contributed by atoms with Crippen LogP contribution in [0.15, 0.2) is 29.6 Å². The minimum Gasteiger partial charge on any atom is -0.370 e. The van der Waals surface area contributed by atoms with Gasteiger partial charge in [0.25, 0.3) is 5.91 Å². The molecule has 3 rings (SSSR count). The molecule has 1 aliphatic rings. The summed E-state index contributed by atoms with van der Waals surface area (Å²) in [6.45, 7) is 5.74. The number of hydrogen-bond donors (Lipinski definition) is 0. The van der Waals surface area contributed by atoms with E-state index in [1.54, 1.807) is 11.3 Å². The van der Waals surface area contributed by atoms with Crippen LogP contribution in [0.2, 0.25) is 5.02 Å². The molecule has 2 heterocycles. The lowest BCUT2D eigenvalue weighted by atomic mass is 10.1. The summed E-state index contributed by atoms with van der Waals surface area (Å²) in [4.78, 5) is 15.8. The molecule has 2 aromatic rings. The highest BCUT2D eigenvalue weighted by atomic mass is 35.5. The summed E-state index contributed by atoms with van der Waals surface area (Å²) < 4.78 is 5.82. The fourth-order valence-electron chi connectivity index (χ4n) is 2.65. The van der Waals surface area contributed by atoms with Crippen LogP contribution in [0.5, 0.6) is 0 Å². The molecule has 5 heteroatoms. The number of benzene rings is 1. The number of nitrogens with zero attached hydrogens (tertiary/aromatic N) is 1. The van der Waals surface area contributed by atoms with E-state index in [1.165, 1.54) is 4.88 Å². The third-order valence-electron chi connectivity index (χ3n) is 4.12. The largest absolute Gasteiger partial charge is 0.370 e. The van der Waals surface area contributed by atoms with Gasteiger partial charge in [0.05, 0.1) is 18.7 Å². The zero-order valence-corrected chi connectivity index (χ0v) is 14.2. The number of rotatable bonds is 2. The zero-order valence-electron chi connectivity index (χ0n) is 12.6. The first kappa shape index (κ1) is 15.5. The van der Waals surface area contributed by atoms with Gasteiger partial charge in [0, 0.05) is 27.4 Å². The van der Waals surface area contributed by atoms with Gasteiger partial charge in [-0.2, -0.15) is 0 Å². The number of halogens is 1. The Morgan fingerprint density at radius 2 is 2.14 bits per heavy atom. The van der Waals surface area contributed by atoms with Crippen molar-refractivity contribution in [3.63, 3.8) is 0 Å². The normalized spacial score (nSPS) is 18.5. The van der Waals surface area contributed by atoms with Crippen molar-refractivity contribution >= 4 is 28.8 Å². The molecule has 0 radical (unpaired) electrons. The summed E-state index contributed by atoms with van der Waals surface area (Å²) in [5, 5.41) is 2.64. The molecule has 1 aromatic carbocycles. The molecule has 1 fully saturated rings. The summed E-state index contributed by atoms with van der Waals surface area (Å²) in [5.41, 5.74) is 2.83. The minimum atomic E-state index is -0.161. The van der Waals surface area contributed by atoms with Gasteiger partial charge in [-0.1, -0.05) is 29.8 Å². The Labute approximate surface area is 139 Å². The molecule has 0 aliphatic carbocycles. The topological polar surface area (TPSA) is 29.5 Å². The second-order valence-electron chi connectivity index (χ2n) is 5.46. The van der Waals surface area contributed by atoms with E-state index in [-0.39, 0.29) is 12.0 Å². The van der Waals surface area contributed by atoms with E-state index < -0.39 is 0 Å².